The predicted molar refractivity (Wildman–Crippen MR) is 57.4 cm³/mol. The zero-order valence-corrected chi connectivity index (χ0v) is 8.73. The van der Waals surface area contributed by atoms with Crippen LogP contribution in [0, 0.1) is 0 Å². The van der Waals surface area contributed by atoms with Crippen molar-refractivity contribution < 1.29 is 14.7 Å². The lowest BCUT2D eigenvalue weighted by Gasteiger charge is -2.19. The standard InChI is InChI=1S/C11H13NO3/c1-8(13)7-12(2)10-6-4-3-5-9(10)11(14)15/h3-6H,7H2,1-2H3,(H,14,15). The molecule has 1 N–H and O–H groups in total. The monoisotopic (exact) mass is 207 g/mol. The third-order valence-corrected chi connectivity index (χ3v) is 2.01. The number of carbonyl (C=O) groups excluding carboxylic acids is 1. The van der Waals surface area contributed by atoms with Crippen LogP contribution in [0.1, 0.15) is 17.3 Å². The molecule has 4 heteroatoms. The summed E-state index contributed by atoms with van der Waals surface area (Å²) in [5.41, 5.74) is 0.765. The summed E-state index contributed by atoms with van der Waals surface area (Å²) in [4.78, 5) is 23.5. The Morgan fingerprint density at radius 1 is 1.33 bits per heavy atom. The zero-order chi connectivity index (χ0) is 11.4. The number of para-hydroxylation sites is 1. The second-order valence-corrected chi connectivity index (χ2v) is 3.38. The van der Waals surface area contributed by atoms with Gasteiger partial charge in [-0.2, -0.15) is 0 Å². The fourth-order valence-corrected chi connectivity index (χ4v) is 1.41. The maximum Gasteiger partial charge on any atom is 0.337 e. The number of benzene rings is 1. The molecule has 0 fully saturated rings. The van der Waals surface area contributed by atoms with Gasteiger partial charge in [-0.25, -0.2) is 4.79 Å². The van der Waals surface area contributed by atoms with Crippen LogP contribution in [-0.2, 0) is 4.79 Å². The maximum absolute atomic E-state index is 10.9. The van der Waals surface area contributed by atoms with Crippen LogP contribution in [0.5, 0.6) is 0 Å². The van der Waals surface area contributed by atoms with Crippen molar-refractivity contribution in [3.05, 3.63) is 29.8 Å². The summed E-state index contributed by atoms with van der Waals surface area (Å²) in [6, 6.07) is 6.62. The molecule has 0 heterocycles. The Hall–Kier alpha value is -1.84. The zero-order valence-electron chi connectivity index (χ0n) is 8.73. The minimum absolute atomic E-state index is 0.00214. The number of carbonyl (C=O) groups is 2. The van der Waals surface area contributed by atoms with Crippen molar-refractivity contribution in [1.29, 1.82) is 0 Å². The van der Waals surface area contributed by atoms with E-state index in [1.807, 2.05) is 0 Å². The van der Waals surface area contributed by atoms with Gasteiger partial charge in [-0.1, -0.05) is 12.1 Å². The number of likely N-dealkylation sites (N-methyl/N-ethyl adjacent to an activating group) is 1. The summed E-state index contributed by atoms with van der Waals surface area (Å²) in [5.74, 6) is -0.987. The average molecular weight is 207 g/mol. The van der Waals surface area contributed by atoms with Crippen molar-refractivity contribution >= 4 is 17.4 Å². The highest BCUT2D eigenvalue weighted by Crippen LogP contribution is 2.18. The molecule has 4 nitrogen and oxygen atoms in total. The third kappa shape index (κ3) is 2.80. The highest BCUT2D eigenvalue weighted by molar-refractivity contribution is 5.95. The number of carboxylic acid groups (broad SMARTS) is 1. The van der Waals surface area contributed by atoms with Gasteiger partial charge in [-0.3, -0.25) is 4.79 Å². The van der Waals surface area contributed by atoms with Crippen LogP contribution in [0.25, 0.3) is 0 Å². The predicted octanol–water partition coefficient (Wildman–Crippen LogP) is 1.41. The molecule has 0 aliphatic rings. The van der Waals surface area contributed by atoms with E-state index in [0.717, 1.165) is 0 Å². The lowest BCUT2D eigenvalue weighted by atomic mass is 10.1. The van der Waals surface area contributed by atoms with Gasteiger partial charge in [-0.15, -0.1) is 0 Å². The smallest absolute Gasteiger partial charge is 0.337 e. The lowest BCUT2D eigenvalue weighted by molar-refractivity contribution is -0.115. The van der Waals surface area contributed by atoms with E-state index in [-0.39, 0.29) is 17.9 Å². The molecule has 0 saturated carbocycles. The van der Waals surface area contributed by atoms with Crippen LogP contribution in [0.3, 0.4) is 0 Å². The molecule has 0 spiro atoms. The van der Waals surface area contributed by atoms with E-state index in [9.17, 15) is 9.59 Å². The van der Waals surface area contributed by atoms with Crippen LogP contribution in [-0.4, -0.2) is 30.5 Å². The number of nitrogens with zero attached hydrogens (tertiary/aromatic N) is 1. The number of aromatic carboxylic acids is 1. The van der Waals surface area contributed by atoms with E-state index in [4.69, 9.17) is 5.11 Å². The van der Waals surface area contributed by atoms with E-state index in [0.29, 0.717) is 5.69 Å². The fraction of sp³-hybridized carbons (Fsp3) is 0.273. The Labute approximate surface area is 88.1 Å². The second kappa shape index (κ2) is 4.59. The van der Waals surface area contributed by atoms with Gasteiger partial charge in [0.15, 0.2) is 0 Å². The van der Waals surface area contributed by atoms with Crippen molar-refractivity contribution in [2.45, 2.75) is 6.92 Å². The lowest BCUT2D eigenvalue weighted by Crippen LogP contribution is -2.25. The summed E-state index contributed by atoms with van der Waals surface area (Å²) in [6.45, 7) is 1.68. The van der Waals surface area contributed by atoms with Crippen molar-refractivity contribution in [3.8, 4) is 0 Å². The molecule has 0 aliphatic heterocycles. The van der Waals surface area contributed by atoms with Gasteiger partial charge < -0.3 is 10.0 Å². The Morgan fingerprint density at radius 2 is 1.93 bits per heavy atom. The SMILES string of the molecule is CC(=O)CN(C)c1ccccc1C(=O)O. The quantitative estimate of drug-likeness (QED) is 0.811. The van der Waals surface area contributed by atoms with Crippen LogP contribution >= 0.6 is 0 Å². The van der Waals surface area contributed by atoms with Gasteiger partial charge in [0.05, 0.1) is 17.8 Å². The molecule has 15 heavy (non-hydrogen) atoms. The molecule has 0 radical (unpaired) electrons. The summed E-state index contributed by atoms with van der Waals surface area (Å²) in [5, 5.41) is 8.94. The van der Waals surface area contributed by atoms with Crippen molar-refractivity contribution in [3.63, 3.8) is 0 Å². The van der Waals surface area contributed by atoms with Gasteiger partial charge in [0, 0.05) is 7.05 Å². The van der Waals surface area contributed by atoms with Gasteiger partial charge in [0.2, 0.25) is 0 Å². The Morgan fingerprint density at radius 3 is 2.47 bits per heavy atom. The summed E-state index contributed by atoms with van der Waals surface area (Å²) in [6.07, 6.45) is 0. The van der Waals surface area contributed by atoms with E-state index >= 15 is 0 Å². The third-order valence-electron chi connectivity index (χ3n) is 2.01. The average Bonchev–Trinajstić information content (AvgIpc) is 2.16. The van der Waals surface area contributed by atoms with Crippen LogP contribution in [0.4, 0.5) is 5.69 Å². The van der Waals surface area contributed by atoms with Crippen molar-refractivity contribution in [2.75, 3.05) is 18.5 Å². The number of hydrogen-bond donors (Lipinski definition) is 1. The summed E-state index contributed by atoms with van der Waals surface area (Å²) in [7, 11) is 1.70. The molecule has 80 valence electrons. The Bertz CT molecular complexity index is 387. The maximum atomic E-state index is 10.9. The Balaban J connectivity index is 3.02. The molecule has 0 amide bonds. The molecule has 1 aromatic rings. The molecule has 0 saturated heterocycles. The van der Waals surface area contributed by atoms with Crippen LogP contribution in [0.2, 0.25) is 0 Å². The molecule has 0 atom stereocenters. The van der Waals surface area contributed by atoms with Crippen LogP contribution < -0.4 is 4.90 Å². The van der Waals surface area contributed by atoms with Gasteiger partial charge in [0.1, 0.15) is 5.78 Å². The van der Waals surface area contributed by atoms with Gasteiger partial charge >= 0.3 is 5.97 Å². The molecule has 0 aromatic heterocycles. The first-order chi connectivity index (χ1) is 7.02. The first-order valence-electron chi connectivity index (χ1n) is 4.55. The molecule has 0 unspecified atom stereocenters. The molecular formula is C11H13NO3. The molecule has 1 rings (SSSR count). The normalized spacial score (nSPS) is 9.73. The van der Waals surface area contributed by atoms with Gasteiger partial charge in [0.25, 0.3) is 0 Å². The highest BCUT2D eigenvalue weighted by atomic mass is 16.4. The molecule has 0 aliphatic carbocycles. The van der Waals surface area contributed by atoms with Crippen molar-refractivity contribution in [2.24, 2.45) is 0 Å². The fourth-order valence-electron chi connectivity index (χ4n) is 1.41. The molecule has 0 bridgehead atoms. The number of anilines is 1. The number of carboxylic acids is 1. The van der Waals surface area contributed by atoms with Gasteiger partial charge in [-0.05, 0) is 19.1 Å². The van der Waals surface area contributed by atoms with E-state index in [1.54, 1.807) is 30.1 Å². The first-order valence-corrected chi connectivity index (χ1v) is 4.55. The number of Topliss-reactive ketones (excluding diaryl/α,β-unsaturated/α-hetero) is 1. The number of hydrogen-bond acceptors (Lipinski definition) is 3. The molecular weight excluding hydrogens is 194 g/mol. The highest BCUT2D eigenvalue weighted by Gasteiger charge is 2.13. The number of rotatable bonds is 4. The second-order valence-electron chi connectivity index (χ2n) is 3.38. The largest absolute Gasteiger partial charge is 0.478 e. The topological polar surface area (TPSA) is 57.6 Å². The van der Waals surface area contributed by atoms with E-state index in [2.05, 4.69) is 0 Å². The summed E-state index contributed by atoms with van der Waals surface area (Å²) < 4.78 is 0. The first kappa shape index (κ1) is 11.2. The number of ketones is 1. The summed E-state index contributed by atoms with van der Waals surface area (Å²) >= 11 is 0. The van der Waals surface area contributed by atoms with Crippen molar-refractivity contribution in [1.82, 2.24) is 0 Å². The minimum Gasteiger partial charge on any atom is -0.478 e. The minimum atomic E-state index is -0.985. The van der Waals surface area contributed by atoms with Crippen LogP contribution in [0.15, 0.2) is 24.3 Å². The van der Waals surface area contributed by atoms with E-state index < -0.39 is 5.97 Å². The Kier molecular flexibility index (Phi) is 3.44. The molecule has 1 aromatic carbocycles. The van der Waals surface area contributed by atoms with E-state index in [1.165, 1.54) is 13.0 Å².